The van der Waals surface area contributed by atoms with Crippen molar-refractivity contribution >= 4 is 35.6 Å². The number of nitrogens with zero attached hydrogens (tertiary/aromatic N) is 2. The number of phenolic OH excluding ortho intramolecular Hbond substituents is 1. The van der Waals surface area contributed by atoms with E-state index in [0.29, 0.717) is 30.6 Å². The lowest BCUT2D eigenvalue weighted by atomic mass is 9.92. The number of phenols is 1. The average Bonchev–Trinajstić information content (AvgIpc) is 2.79. The molecule has 0 unspecified atom stereocenters. The maximum Gasteiger partial charge on any atom is 0.247 e. The summed E-state index contributed by atoms with van der Waals surface area (Å²) in [6.45, 7) is 8.10. The van der Waals surface area contributed by atoms with Gasteiger partial charge in [-0.2, -0.15) is 0 Å². The zero-order valence-electron chi connectivity index (χ0n) is 21.2. The molecular weight excluding hydrogens is 450 g/mol. The Labute approximate surface area is 209 Å². The second-order valence-corrected chi connectivity index (χ2v) is 9.37. The number of hydrogen-bond acceptors (Lipinski definition) is 4. The lowest BCUT2D eigenvalue weighted by molar-refractivity contribution is -0.140. The number of hydrogen-bond donors (Lipinski definition) is 2. The molecule has 1 atom stereocenters. The number of carbonyl (C=O) groups excluding carboxylic acids is 2. The van der Waals surface area contributed by atoms with Crippen molar-refractivity contribution in [3.05, 3.63) is 52.1 Å². The molecule has 34 heavy (non-hydrogen) atoms. The van der Waals surface area contributed by atoms with Crippen molar-refractivity contribution in [3.8, 4) is 5.75 Å². The quantitative estimate of drug-likeness (QED) is 0.411. The van der Waals surface area contributed by atoms with Gasteiger partial charge in [-0.1, -0.05) is 25.8 Å². The number of rotatable bonds is 7. The van der Waals surface area contributed by atoms with Crippen molar-refractivity contribution in [1.82, 2.24) is 4.90 Å². The van der Waals surface area contributed by atoms with Crippen LogP contribution in [0.3, 0.4) is 0 Å². The van der Waals surface area contributed by atoms with Gasteiger partial charge in [-0.3, -0.25) is 9.59 Å². The molecule has 0 saturated heterocycles. The van der Waals surface area contributed by atoms with Crippen LogP contribution in [-0.4, -0.2) is 42.0 Å². The fourth-order valence-corrected chi connectivity index (χ4v) is 4.43. The number of benzene rings is 2. The van der Waals surface area contributed by atoms with Crippen LogP contribution in [0.2, 0.25) is 0 Å². The summed E-state index contributed by atoms with van der Waals surface area (Å²) in [7, 11) is 4.00. The second-order valence-electron chi connectivity index (χ2n) is 9.37. The van der Waals surface area contributed by atoms with Crippen LogP contribution in [0.1, 0.15) is 60.4 Å². The molecule has 1 heterocycles. The molecule has 7 heteroatoms. The number of fused-ring (bicyclic) bond motifs is 1. The SMILES string of the molecule is CCCCCC(=O)N1Cc2cc(N(C)C)ccc2C[C@H]1C(=O)Nc1cc(C)c(O)c(C)c1C.Cl. The zero-order valence-corrected chi connectivity index (χ0v) is 22.0. The number of carbonyl (C=O) groups is 2. The maximum atomic E-state index is 13.5. The number of nitrogens with one attached hydrogen (secondary N) is 1. The van der Waals surface area contributed by atoms with Crippen molar-refractivity contribution in [3.63, 3.8) is 0 Å². The van der Waals surface area contributed by atoms with Crippen LogP contribution in [0.15, 0.2) is 24.3 Å². The highest BCUT2D eigenvalue weighted by molar-refractivity contribution is 5.98. The number of amides is 2. The van der Waals surface area contributed by atoms with E-state index in [4.69, 9.17) is 0 Å². The van der Waals surface area contributed by atoms with Gasteiger partial charge in [0.2, 0.25) is 11.8 Å². The molecule has 2 aromatic rings. The third-order valence-electron chi connectivity index (χ3n) is 6.77. The molecule has 0 aliphatic carbocycles. The minimum atomic E-state index is -0.564. The van der Waals surface area contributed by atoms with E-state index in [2.05, 4.69) is 30.4 Å². The molecule has 186 valence electrons. The van der Waals surface area contributed by atoms with Crippen molar-refractivity contribution < 1.29 is 14.7 Å². The summed E-state index contributed by atoms with van der Waals surface area (Å²) >= 11 is 0. The maximum absolute atomic E-state index is 13.5. The van der Waals surface area contributed by atoms with E-state index in [0.717, 1.165) is 47.2 Å². The molecule has 6 nitrogen and oxygen atoms in total. The first-order valence-electron chi connectivity index (χ1n) is 11.8. The normalized spacial score (nSPS) is 14.8. The van der Waals surface area contributed by atoms with E-state index in [-0.39, 0.29) is 30.0 Å². The largest absolute Gasteiger partial charge is 0.507 e. The Morgan fingerprint density at radius 2 is 1.79 bits per heavy atom. The Bertz CT molecular complexity index is 1050. The van der Waals surface area contributed by atoms with Gasteiger partial charge in [0.15, 0.2) is 0 Å². The van der Waals surface area contributed by atoms with E-state index in [1.807, 2.05) is 39.8 Å². The summed E-state index contributed by atoms with van der Waals surface area (Å²) in [4.78, 5) is 30.5. The predicted octanol–water partition coefficient (Wildman–Crippen LogP) is 5.28. The monoisotopic (exact) mass is 487 g/mol. The fourth-order valence-electron chi connectivity index (χ4n) is 4.43. The van der Waals surface area contributed by atoms with E-state index in [1.54, 1.807) is 11.0 Å². The van der Waals surface area contributed by atoms with Crippen LogP contribution in [-0.2, 0) is 22.6 Å². The first kappa shape index (κ1) is 27.5. The molecule has 0 spiro atoms. The lowest BCUT2D eigenvalue weighted by Crippen LogP contribution is -2.50. The zero-order chi connectivity index (χ0) is 24.3. The highest BCUT2D eigenvalue weighted by Gasteiger charge is 2.35. The number of halogens is 1. The Morgan fingerprint density at radius 1 is 1.09 bits per heavy atom. The van der Waals surface area contributed by atoms with Gasteiger partial charge in [-0.15, -0.1) is 12.4 Å². The van der Waals surface area contributed by atoms with E-state index in [9.17, 15) is 14.7 Å². The molecule has 0 aromatic heterocycles. The summed E-state index contributed by atoms with van der Waals surface area (Å²) in [5.41, 5.74) is 6.27. The molecule has 0 bridgehead atoms. The molecule has 0 radical (unpaired) electrons. The Morgan fingerprint density at radius 3 is 2.44 bits per heavy atom. The van der Waals surface area contributed by atoms with Gasteiger partial charge in [-0.25, -0.2) is 0 Å². The predicted molar refractivity (Wildman–Crippen MR) is 141 cm³/mol. The summed E-state index contributed by atoms with van der Waals surface area (Å²) in [5.74, 6) is 0.0922. The smallest absolute Gasteiger partial charge is 0.247 e. The molecular formula is C27H38ClN3O3. The summed E-state index contributed by atoms with van der Waals surface area (Å²) in [6, 6.07) is 7.48. The molecule has 1 aliphatic rings. The van der Waals surface area contributed by atoms with Crippen LogP contribution in [0.25, 0.3) is 0 Å². The van der Waals surface area contributed by atoms with Gasteiger partial charge >= 0.3 is 0 Å². The van der Waals surface area contributed by atoms with Crippen LogP contribution >= 0.6 is 12.4 Å². The third-order valence-corrected chi connectivity index (χ3v) is 6.77. The van der Waals surface area contributed by atoms with Gasteiger partial charge in [0.1, 0.15) is 11.8 Å². The van der Waals surface area contributed by atoms with Crippen LogP contribution < -0.4 is 10.2 Å². The Balaban J connectivity index is 0.00000408. The van der Waals surface area contributed by atoms with E-state index in [1.165, 1.54) is 0 Å². The standard InChI is InChI=1S/C27H37N3O3.ClH/c1-7-8-9-10-25(31)30-16-21-14-22(29(5)6)12-11-20(21)15-24(30)27(33)28-23-13-17(2)26(32)19(4)18(23)3;/h11-14,24,32H,7-10,15-16H2,1-6H3,(H,28,33);1H/t24-;/m0./s1. The van der Waals surface area contributed by atoms with Gasteiger partial charge in [0, 0.05) is 44.9 Å². The van der Waals surface area contributed by atoms with Gasteiger partial charge in [0.25, 0.3) is 0 Å². The van der Waals surface area contributed by atoms with E-state index >= 15 is 0 Å². The summed E-state index contributed by atoms with van der Waals surface area (Å²) in [6.07, 6.45) is 3.83. The Hall–Kier alpha value is -2.73. The van der Waals surface area contributed by atoms with Crippen molar-refractivity contribution in [2.45, 2.75) is 72.4 Å². The summed E-state index contributed by atoms with van der Waals surface area (Å²) < 4.78 is 0. The van der Waals surface area contributed by atoms with Crippen molar-refractivity contribution in [2.75, 3.05) is 24.3 Å². The first-order valence-corrected chi connectivity index (χ1v) is 11.8. The van der Waals surface area contributed by atoms with Crippen LogP contribution in [0.4, 0.5) is 11.4 Å². The number of unbranched alkanes of at least 4 members (excludes halogenated alkanes) is 2. The highest BCUT2D eigenvalue weighted by atomic mass is 35.5. The highest BCUT2D eigenvalue weighted by Crippen LogP contribution is 2.32. The third kappa shape index (κ3) is 5.84. The Kier molecular flexibility index (Phi) is 9.39. The van der Waals surface area contributed by atoms with Gasteiger partial charge < -0.3 is 20.2 Å². The first-order chi connectivity index (χ1) is 15.6. The van der Waals surface area contributed by atoms with Gasteiger partial charge in [-0.05, 0) is 73.2 Å². The molecule has 0 saturated carbocycles. The minimum Gasteiger partial charge on any atom is -0.507 e. The van der Waals surface area contributed by atoms with E-state index < -0.39 is 6.04 Å². The molecule has 2 amide bonds. The number of aromatic hydroxyl groups is 1. The van der Waals surface area contributed by atoms with Gasteiger partial charge in [0.05, 0.1) is 0 Å². The lowest BCUT2D eigenvalue weighted by Gasteiger charge is -2.37. The number of anilines is 2. The summed E-state index contributed by atoms with van der Waals surface area (Å²) in [5, 5.41) is 13.3. The molecule has 0 fully saturated rings. The minimum absolute atomic E-state index is 0. The van der Waals surface area contributed by atoms with Crippen LogP contribution in [0.5, 0.6) is 5.75 Å². The molecule has 1 aliphatic heterocycles. The molecule has 3 rings (SSSR count). The second kappa shape index (κ2) is 11.6. The molecule has 2 aromatic carbocycles. The van der Waals surface area contributed by atoms with Crippen molar-refractivity contribution in [2.24, 2.45) is 0 Å². The fraction of sp³-hybridized carbons (Fsp3) is 0.481. The molecule has 2 N–H and O–H groups in total. The topological polar surface area (TPSA) is 72.9 Å². The average molecular weight is 488 g/mol. The van der Waals surface area contributed by atoms with Crippen LogP contribution in [0, 0.1) is 20.8 Å². The number of aryl methyl sites for hydroxylation is 1. The van der Waals surface area contributed by atoms with Crippen molar-refractivity contribution in [1.29, 1.82) is 0 Å².